The van der Waals surface area contributed by atoms with E-state index in [2.05, 4.69) is 46.4 Å². The van der Waals surface area contributed by atoms with Gasteiger partial charge in [0.15, 0.2) is 0 Å². The number of hydrogen-bond donors (Lipinski definition) is 1. The van der Waals surface area contributed by atoms with Gasteiger partial charge in [0, 0.05) is 18.6 Å². The summed E-state index contributed by atoms with van der Waals surface area (Å²) >= 11 is 0. The van der Waals surface area contributed by atoms with Crippen LogP contribution in [0.3, 0.4) is 0 Å². The first kappa shape index (κ1) is 13.0. The van der Waals surface area contributed by atoms with E-state index in [1.54, 1.807) is 0 Å². The summed E-state index contributed by atoms with van der Waals surface area (Å²) in [6, 6.07) is 0. The minimum Gasteiger partial charge on any atom is -0.392 e. The Morgan fingerprint density at radius 1 is 1.00 bits per heavy atom. The van der Waals surface area contributed by atoms with Crippen molar-refractivity contribution in [1.29, 1.82) is 0 Å². The first-order chi connectivity index (χ1) is 6.60. The van der Waals surface area contributed by atoms with Gasteiger partial charge in [-0.1, -0.05) is 20.8 Å². The smallest absolute Gasteiger partial charge is 0.0670 e. The predicted octanol–water partition coefficient (Wildman–Crippen LogP) is 2.51. The lowest BCUT2D eigenvalue weighted by Gasteiger charge is -2.47. The summed E-state index contributed by atoms with van der Waals surface area (Å²) in [5.41, 5.74) is 0.468. The molecule has 0 radical (unpaired) electrons. The maximum Gasteiger partial charge on any atom is 0.0670 e. The second-order valence-electron chi connectivity index (χ2n) is 7.03. The molecule has 15 heavy (non-hydrogen) atoms. The molecule has 0 aromatic rings. The van der Waals surface area contributed by atoms with Crippen molar-refractivity contribution in [2.45, 2.75) is 59.6 Å². The lowest BCUT2D eigenvalue weighted by Crippen LogP contribution is -2.54. The molecule has 1 fully saturated rings. The van der Waals surface area contributed by atoms with E-state index in [9.17, 15) is 5.11 Å². The Bertz CT molecular complexity index is 190. The predicted molar refractivity (Wildman–Crippen MR) is 64.9 cm³/mol. The summed E-state index contributed by atoms with van der Waals surface area (Å²) in [7, 11) is 0. The molecule has 0 amide bonds. The maximum atomic E-state index is 9.94. The summed E-state index contributed by atoms with van der Waals surface area (Å²) < 4.78 is 0. The molecule has 1 aliphatic rings. The molecule has 90 valence electrons. The van der Waals surface area contributed by atoms with Crippen molar-refractivity contribution in [3.8, 4) is 0 Å². The topological polar surface area (TPSA) is 23.5 Å². The lowest BCUT2D eigenvalue weighted by molar-refractivity contribution is -0.0321. The second kappa shape index (κ2) is 4.06. The van der Waals surface area contributed by atoms with Crippen LogP contribution in [0.15, 0.2) is 0 Å². The van der Waals surface area contributed by atoms with Gasteiger partial charge in [0.2, 0.25) is 0 Å². The molecule has 1 aliphatic heterocycles. The van der Waals surface area contributed by atoms with Crippen LogP contribution in [0.1, 0.15) is 48.0 Å². The zero-order valence-electron chi connectivity index (χ0n) is 11.2. The summed E-state index contributed by atoms with van der Waals surface area (Å²) in [5.74, 6) is 0.598. The number of aliphatic hydroxyl groups is 1. The average Bonchev–Trinajstić information content (AvgIpc) is 1.99. The van der Waals surface area contributed by atoms with Crippen molar-refractivity contribution in [2.24, 2.45) is 11.3 Å². The molecule has 0 saturated carbocycles. The molecule has 1 saturated heterocycles. The second-order valence-corrected chi connectivity index (χ2v) is 7.03. The summed E-state index contributed by atoms with van der Waals surface area (Å²) in [6.45, 7) is 15.4. The van der Waals surface area contributed by atoms with E-state index in [0.717, 1.165) is 19.5 Å². The van der Waals surface area contributed by atoms with Gasteiger partial charge in [-0.05, 0) is 38.5 Å². The Morgan fingerprint density at radius 3 is 1.93 bits per heavy atom. The Hall–Kier alpha value is -0.0800. The quantitative estimate of drug-likeness (QED) is 0.668. The van der Waals surface area contributed by atoms with Crippen molar-refractivity contribution >= 4 is 0 Å². The molecule has 1 N–H and O–H groups in total. The van der Waals surface area contributed by atoms with Crippen LogP contribution < -0.4 is 0 Å². The highest BCUT2D eigenvalue weighted by Gasteiger charge is 2.36. The van der Waals surface area contributed by atoms with Crippen molar-refractivity contribution in [3.05, 3.63) is 0 Å². The molecule has 0 aromatic carbocycles. The third-order valence-corrected chi connectivity index (χ3v) is 3.60. The van der Waals surface area contributed by atoms with Gasteiger partial charge in [0.1, 0.15) is 0 Å². The molecular formula is C13H27NO. The molecule has 0 aliphatic carbocycles. The zero-order valence-corrected chi connectivity index (χ0v) is 11.2. The van der Waals surface area contributed by atoms with Gasteiger partial charge in [0.05, 0.1) is 6.10 Å². The largest absolute Gasteiger partial charge is 0.392 e. The number of hydrogen-bond acceptors (Lipinski definition) is 2. The number of β-amino-alcohol motifs (C(OH)–C–C–N with tert-alkyl or cyclic N) is 1. The van der Waals surface area contributed by atoms with Gasteiger partial charge in [0.25, 0.3) is 0 Å². The first-order valence-corrected chi connectivity index (χ1v) is 6.04. The molecule has 2 heteroatoms. The standard InChI is InChI=1S/C13H27NO/c1-12(2,3)10-7-11(15)9-14(8-10)13(4,5)6/h10-11,15H,7-9H2,1-6H3/t10-,11+/m1/s1. The maximum absolute atomic E-state index is 9.94. The first-order valence-electron chi connectivity index (χ1n) is 6.04. The normalized spacial score (nSPS) is 30.6. The third kappa shape index (κ3) is 3.46. The van der Waals surface area contributed by atoms with Crippen LogP contribution in [0, 0.1) is 11.3 Å². The van der Waals surface area contributed by atoms with Crippen molar-refractivity contribution in [1.82, 2.24) is 4.90 Å². The number of nitrogens with zero attached hydrogens (tertiary/aromatic N) is 1. The van der Waals surface area contributed by atoms with Crippen LogP contribution in [0.25, 0.3) is 0 Å². The Balaban J connectivity index is 2.73. The van der Waals surface area contributed by atoms with Gasteiger partial charge in [-0.15, -0.1) is 0 Å². The highest BCUT2D eigenvalue weighted by atomic mass is 16.3. The molecule has 0 bridgehead atoms. The van der Waals surface area contributed by atoms with Gasteiger partial charge in [-0.3, -0.25) is 4.90 Å². The van der Waals surface area contributed by atoms with Crippen LogP contribution >= 0.6 is 0 Å². The van der Waals surface area contributed by atoms with Gasteiger partial charge in [-0.2, -0.15) is 0 Å². The third-order valence-electron chi connectivity index (χ3n) is 3.60. The number of piperidine rings is 1. The number of rotatable bonds is 0. The summed E-state index contributed by atoms with van der Waals surface area (Å²) in [6.07, 6.45) is 0.804. The molecular weight excluding hydrogens is 186 g/mol. The molecule has 0 spiro atoms. The van der Waals surface area contributed by atoms with Crippen molar-refractivity contribution in [3.63, 3.8) is 0 Å². The van der Waals surface area contributed by atoms with E-state index in [0.29, 0.717) is 11.3 Å². The van der Waals surface area contributed by atoms with Gasteiger partial charge in [-0.25, -0.2) is 0 Å². The van der Waals surface area contributed by atoms with Gasteiger partial charge >= 0.3 is 0 Å². The van der Waals surface area contributed by atoms with E-state index >= 15 is 0 Å². The summed E-state index contributed by atoms with van der Waals surface area (Å²) in [5, 5.41) is 9.94. The lowest BCUT2D eigenvalue weighted by atomic mass is 9.75. The fourth-order valence-corrected chi connectivity index (χ4v) is 2.25. The Labute approximate surface area is 94.7 Å². The average molecular weight is 213 g/mol. The van der Waals surface area contributed by atoms with Crippen LogP contribution in [-0.2, 0) is 0 Å². The highest BCUT2D eigenvalue weighted by molar-refractivity contribution is 4.90. The van der Waals surface area contributed by atoms with Gasteiger partial charge < -0.3 is 5.11 Å². The van der Waals surface area contributed by atoms with Crippen LogP contribution in [0.2, 0.25) is 0 Å². The molecule has 2 nitrogen and oxygen atoms in total. The minimum atomic E-state index is -0.151. The Kier molecular flexibility index (Phi) is 3.52. The van der Waals surface area contributed by atoms with E-state index in [-0.39, 0.29) is 11.6 Å². The fraction of sp³-hybridized carbons (Fsp3) is 1.00. The number of likely N-dealkylation sites (tertiary alicyclic amines) is 1. The molecule has 0 unspecified atom stereocenters. The summed E-state index contributed by atoms with van der Waals surface area (Å²) in [4.78, 5) is 2.41. The molecule has 1 rings (SSSR count). The van der Waals surface area contributed by atoms with Crippen LogP contribution in [0.4, 0.5) is 0 Å². The van der Waals surface area contributed by atoms with E-state index in [1.165, 1.54) is 0 Å². The van der Waals surface area contributed by atoms with Crippen molar-refractivity contribution in [2.75, 3.05) is 13.1 Å². The molecule has 0 aromatic heterocycles. The minimum absolute atomic E-state index is 0.151. The monoisotopic (exact) mass is 213 g/mol. The van der Waals surface area contributed by atoms with E-state index in [1.807, 2.05) is 0 Å². The Morgan fingerprint density at radius 2 is 1.53 bits per heavy atom. The van der Waals surface area contributed by atoms with Crippen LogP contribution in [-0.4, -0.2) is 34.7 Å². The number of aliphatic hydroxyl groups excluding tert-OH is 1. The zero-order chi connectivity index (χ0) is 11.9. The van der Waals surface area contributed by atoms with E-state index in [4.69, 9.17) is 0 Å². The molecule has 2 atom stereocenters. The highest BCUT2D eigenvalue weighted by Crippen LogP contribution is 2.35. The van der Waals surface area contributed by atoms with Crippen LogP contribution in [0.5, 0.6) is 0 Å². The van der Waals surface area contributed by atoms with E-state index < -0.39 is 0 Å². The van der Waals surface area contributed by atoms with Crippen molar-refractivity contribution < 1.29 is 5.11 Å². The fourth-order valence-electron chi connectivity index (χ4n) is 2.25. The SMILES string of the molecule is CC(C)(C)[C@@H]1C[C@H](O)CN(C(C)(C)C)C1. The molecule has 1 heterocycles.